The number of nitrogens with one attached hydrogen (secondary N) is 2. The van der Waals surface area contributed by atoms with Crippen molar-refractivity contribution < 1.29 is 4.79 Å². The average Bonchev–Trinajstić information content (AvgIpc) is 2.85. The molecule has 0 aliphatic carbocycles. The summed E-state index contributed by atoms with van der Waals surface area (Å²) in [5, 5.41) is 10.8. The van der Waals surface area contributed by atoms with E-state index >= 15 is 0 Å². The number of nitrogens with zero attached hydrogens (tertiary/aromatic N) is 4. The maximum Gasteiger partial charge on any atom is 0.345 e. The minimum atomic E-state index is -0.533. The van der Waals surface area contributed by atoms with Crippen LogP contribution in [0.5, 0.6) is 0 Å². The molecule has 0 saturated carbocycles. The van der Waals surface area contributed by atoms with E-state index in [1.807, 2.05) is 27.7 Å². The summed E-state index contributed by atoms with van der Waals surface area (Å²) in [4.78, 5) is 31.6. The minimum Gasteiger partial charge on any atom is -0.310 e. The summed E-state index contributed by atoms with van der Waals surface area (Å²) >= 11 is 0. The summed E-state index contributed by atoms with van der Waals surface area (Å²) in [6.07, 6.45) is 2.13. The number of aromatic amines is 1. The van der Waals surface area contributed by atoms with Crippen molar-refractivity contribution in [1.82, 2.24) is 25.0 Å². The van der Waals surface area contributed by atoms with Gasteiger partial charge in [0.05, 0.1) is 12.2 Å². The Morgan fingerprint density at radius 3 is 2.68 bits per heavy atom. The second kappa shape index (κ2) is 6.50. The van der Waals surface area contributed by atoms with Crippen molar-refractivity contribution in [2.45, 2.75) is 40.2 Å². The maximum absolute atomic E-state index is 12.2. The van der Waals surface area contributed by atoms with Gasteiger partial charge in [-0.15, -0.1) is 5.10 Å². The van der Waals surface area contributed by atoms with Crippen molar-refractivity contribution in [2.24, 2.45) is 5.92 Å². The third kappa shape index (κ3) is 4.00. The monoisotopic (exact) mass is 304 g/mol. The van der Waals surface area contributed by atoms with Crippen LogP contribution in [0.3, 0.4) is 0 Å². The first-order valence-electron chi connectivity index (χ1n) is 7.18. The molecule has 0 radical (unpaired) electrons. The molecule has 1 amide bonds. The number of rotatable bonds is 5. The SMILES string of the molecule is CC(C)Cc1cc(C(=O)Nc2cnn(C(C)C)n2)nc(=O)[nH]1. The molecular weight excluding hydrogens is 284 g/mol. The van der Waals surface area contributed by atoms with Crippen LogP contribution >= 0.6 is 0 Å². The Kier molecular flexibility index (Phi) is 4.69. The minimum absolute atomic E-state index is 0.0681. The topological polar surface area (TPSA) is 106 Å². The van der Waals surface area contributed by atoms with Gasteiger partial charge in [-0.05, 0) is 32.3 Å². The second-order valence-corrected chi connectivity index (χ2v) is 5.79. The normalized spacial score (nSPS) is 11.2. The quantitative estimate of drug-likeness (QED) is 0.868. The van der Waals surface area contributed by atoms with Crippen LogP contribution in [-0.4, -0.2) is 30.9 Å². The zero-order valence-corrected chi connectivity index (χ0v) is 13.1. The lowest BCUT2D eigenvalue weighted by atomic mass is 10.1. The van der Waals surface area contributed by atoms with E-state index in [2.05, 4.69) is 25.5 Å². The van der Waals surface area contributed by atoms with Crippen LogP contribution in [0.15, 0.2) is 17.1 Å². The molecule has 118 valence electrons. The number of aromatic nitrogens is 5. The lowest BCUT2D eigenvalue weighted by Gasteiger charge is -2.06. The molecule has 2 heterocycles. The van der Waals surface area contributed by atoms with E-state index in [1.165, 1.54) is 11.0 Å². The first-order chi connectivity index (χ1) is 10.3. The third-order valence-electron chi connectivity index (χ3n) is 2.87. The van der Waals surface area contributed by atoms with E-state index in [-0.39, 0.29) is 11.7 Å². The van der Waals surface area contributed by atoms with Gasteiger partial charge in [0.2, 0.25) is 0 Å². The second-order valence-electron chi connectivity index (χ2n) is 5.79. The van der Waals surface area contributed by atoms with Crippen molar-refractivity contribution in [1.29, 1.82) is 0 Å². The van der Waals surface area contributed by atoms with Gasteiger partial charge in [-0.3, -0.25) is 4.79 Å². The predicted octanol–water partition coefficient (Wildman–Crippen LogP) is 1.39. The third-order valence-corrected chi connectivity index (χ3v) is 2.87. The molecule has 0 aromatic carbocycles. The molecule has 2 aromatic rings. The number of H-pyrrole nitrogens is 1. The highest BCUT2D eigenvalue weighted by Gasteiger charge is 2.13. The van der Waals surface area contributed by atoms with Gasteiger partial charge in [-0.1, -0.05) is 13.8 Å². The summed E-state index contributed by atoms with van der Waals surface area (Å²) in [6, 6.07) is 1.69. The van der Waals surface area contributed by atoms with Crippen molar-refractivity contribution in [3.8, 4) is 0 Å². The van der Waals surface area contributed by atoms with Gasteiger partial charge in [0.25, 0.3) is 5.91 Å². The molecule has 0 saturated heterocycles. The van der Waals surface area contributed by atoms with Crippen molar-refractivity contribution in [3.05, 3.63) is 34.1 Å². The number of hydrogen-bond donors (Lipinski definition) is 2. The van der Waals surface area contributed by atoms with Crippen LogP contribution in [0, 0.1) is 5.92 Å². The fourth-order valence-corrected chi connectivity index (χ4v) is 1.94. The van der Waals surface area contributed by atoms with Crippen LogP contribution in [0.2, 0.25) is 0 Å². The van der Waals surface area contributed by atoms with E-state index in [0.717, 1.165) is 0 Å². The zero-order valence-electron chi connectivity index (χ0n) is 13.1. The summed E-state index contributed by atoms with van der Waals surface area (Å²) in [7, 11) is 0. The molecule has 2 N–H and O–H groups in total. The molecule has 8 heteroatoms. The van der Waals surface area contributed by atoms with Gasteiger partial charge >= 0.3 is 5.69 Å². The molecule has 0 fully saturated rings. The molecule has 2 aromatic heterocycles. The zero-order chi connectivity index (χ0) is 16.3. The van der Waals surface area contributed by atoms with Crippen molar-refractivity contribution in [3.63, 3.8) is 0 Å². The Morgan fingerprint density at radius 2 is 2.09 bits per heavy atom. The number of amides is 1. The first kappa shape index (κ1) is 15.9. The smallest absolute Gasteiger partial charge is 0.310 e. The highest BCUT2D eigenvalue weighted by atomic mass is 16.2. The lowest BCUT2D eigenvalue weighted by Crippen LogP contribution is -2.22. The Hall–Kier alpha value is -2.51. The fourth-order valence-electron chi connectivity index (χ4n) is 1.94. The summed E-state index contributed by atoms with van der Waals surface area (Å²) in [5.74, 6) is 0.206. The Balaban J connectivity index is 2.18. The molecule has 22 heavy (non-hydrogen) atoms. The van der Waals surface area contributed by atoms with E-state index in [1.54, 1.807) is 6.07 Å². The Morgan fingerprint density at radius 1 is 1.36 bits per heavy atom. The number of carbonyl (C=O) groups is 1. The fraction of sp³-hybridized carbons (Fsp3) is 0.500. The maximum atomic E-state index is 12.2. The van der Waals surface area contributed by atoms with E-state index < -0.39 is 11.6 Å². The van der Waals surface area contributed by atoms with Crippen LogP contribution in [0.1, 0.15) is 49.9 Å². The number of anilines is 1. The van der Waals surface area contributed by atoms with Gasteiger partial charge in [-0.25, -0.2) is 4.79 Å². The highest BCUT2D eigenvalue weighted by molar-refractivity contribution is 6.02. The van der Waals surface area contributed by atoms with Gasteiger partial charge in [0, 0.05) is 5.69 Å². The lowest BCUT2D eigenvalue weighted by molar-refractivity contribution is 0.102. The number of hydrogen-bond acceptors (Lipinski definition) is 5. The summed E-state index contributed by atoms with van der Waals surface area (Å²) in [6.45, 7) is 7.93. The summed E-state index contributed by atoms with van der Waals surface area (Å²) < 4.78 is 0. The van der Waals surface area contributed by atoms with Crippen molar-refractivity contribution in [2.75, 3.05) is 5.32 Å². The van der Waals surface area contributed by atoms with Crippen LogP contribution < -0.4 is 11.0 Å². The van der Waals surface area contributed by atoms with Crippen LogP contribution in [0.4, 0.5) is 5.82 Å². The Labute approximate surface area is 128 Å². The standard InChI is InChI=1S/C14H20N6O2/c1-8(2)5-10-6-11(17-14(22)16-10)13(21)18-12-7-15-20(19-12)9(3)4/h6-9H,5H2,1-4H3,(H,16,17,22)(H,18,19,21). The molecule has 0 spiro atoms. The Bertz CT molecular complexity index is 716. The predicted molar refractivity (Wildman–Crippen MR) is 81.8 cm³/mol. The number of carbonyl (C=O) groups excluding carboxylic acids is 1. The van der Waals surface area contributed by atoms with E-state index in [0.29, 0.717) is 23.9 Å². The summed E-state index contributed by atoms with van der Waals surface area (Å²) in [5.41, 5.74) is 0.221. The average molecular weight is 304 g/mol. The molecular formula is C14H20N6O2. The first-order valence-corrected chi connectivity index (χ1v) is 7.18. The van der Waals surface area contributed by atoms with Gasteiger partial charge < -0.3 is 10.3 Å². The molecule has 0 aliphatic heterocycles. The molecule has 0 unspecified atom stereocenters. The largest absolute Gasteiger partial charge is 0.345 e. The molecule has 0 aliphatic rings. The van der Waals surface area contributed by atoms with Crippen LogP contribution in [-0.2, 0) is 6.42 Å². The molecule has 0 bridgehead atoms. The van der Waals surface area contributed by atoms with E-state index in [4.69, 9.17) is 0 Å². The van der Waals surface area contributed by atoms with Crippen LogP contribution in [0.25, 0.3) is 0 Å². The van der Waals surface area contributed by atoms with Gasteiger partial charge in [0.15, 0.2) is 5.82 Å². The van der Waals surface area contributed by atoms with Crippen molar-refractivity contribution >= 4 is 11.7 Å². The molecule has 8 nitrogen and oxygen atoms in total. The van der Waals surface area contributed by atoms with Gasteiger partial charge in [-0.2, -0.15) is 14.9 Å². The van der Waals surface area contributed by atoms with E-state index in [9.17, 15) is 9.59 Å². The van der Waals surface area contributed by atoms with Gasteiger partial charge in [0.1, 0.15) is 5.69 Å². The molecule has 0 atom stereocenters. The molecule has 2 rings (SSSR count). The highest BCUT2D eigenvalue weighted by Crippen LogP contribution is 2.08.